The lowest BCUT2D eigenvalue weighted by Gasteiger charge is -2.12. The smallest absolute Gasteiger partial charge is 0.345 e. The molecule has 1 heterocycles. The van der Waals surface area contributed by atoms with Gasteiger partial charge in [0.25, 0.3) is 5.91 Å². The number of hydrogen-bond donors (Lipinski definition) is 1. The molecule has 1 aromatic heterocycles. The average molecular weight is 616 g/mol. The fourth-order valence-corrected chi connectivity index (χ4v) is 4.94. The molecule has 0 bridgehead atoms. The number of rotatable bonds is 7. The molecular weight excluding hydrogens is 600 g/mol. The number of nitrogens with one attached hydrogen (secondary N) is 1. The lowest BCUT2D eigenvalue weighted by atomic mass is 10.1. The Morgan fingerprint density at radius 2 is 1.78 bits per heavy atom. The van der Waals surface area contributed by atoms with Gasteiger partial charge in [0.15, 0.2) is 11.0 Å². The summed E-state index contributed by atoms with van der Waals surface area (Å²) >= 11 is 16.7. The highest BCUT2D eigenvalue weighted by Crippen LogP contribution is 2.32. The van der Waals surface area contributed by atoms with Crippen molar-refractivity contribution in [3.63, 3.8) is 0 Å². The van der Waals surface area contributed by atoms with Crippen molar-refractivity contribution in [3.8, 4) is 5.69 Å². The van der Waals surface area contributed by atoms with E-state index in [1.807, 2.05) is 24.3 Å². The van der Waals surface area contributed by atoms with Crippen molar-refractivity contribution in [1.82, 2.24) is 20.1 Å². The Morgan fingerprint density at radius 3 is 2.47 bits per heavy atom. The first-order valence-electron chi connectivity index (χ1n) is 10.3. The lowest BCUT2D eigenvalue weighted by Crippen LogP contribution is -2.25. The Morgan fingerprint density at radius 1 is 1.03 bits per heavy atom. The minimum absolute atomic E-state index is 0.0327. The molecule has 4 aromatic rings. The van der Waals surface area contributed by atoms with E-state index in [-0.39, 0.29) is 22.9 Å². The number of halogens is 6. The molecule has 4 rings (SSSR count). The summed E-state index contributed by atoms with van der Waals surface area (Å²) in [6, 6.07) is 17.1. The first kappa shape index (κ1) is 26.5. The van der Waals surface area contributed by atoms with Crippen LogP contribution in [0.2, 0.25) is 10.0 Å². The van der Waals surface area contributed by atoms with Crippen molar-refractivity contribution in [2.24, 2.45) is 0 Å². The molecule has 0 atom stereocenters. The number of hydrogen-bond acceptors (Lipinski definition) is 4. The second kappa shape index (κ2) is 11.2. The van der Waals surface area contributed by atoms with E-state index in [0.29, 0.717) is 21.6 Å². The van der Waals surface area contributed by atoms with Crippen LogP contribution in [0, 0.1) is 0 Å². The van der Waals surface area contributed by atoms with Gasteiger partial charge in [-0.1, -0.05) is 69.1 Å². The topological polar surface area (TPSA) is 59.8 Å². The van der Waals surface area contributed by atoms with E-state index in [2.05, 4.69) is 31.4 Å². The van der Waals surface area contributed by atoms with Crippen LogP contribution in [0.15, 0.2) is 76.4 Å². The summed E-state index contributed by atoms with van der Waals surface area (Å²) in [5.41, 5.74) is 0.769. The van der Waals surface area contributed by atoms with Crippen LogP contribution in [0.4, 0.5) is 13.2 Å². The van der Waals surface area contributed by atoms with Crippen molar-refractivity contribution in [2.45, 2.75) is 23.6 Å². The average Bonchev–Trinajstić information content (AvgIpc) is 3.24. The maximum Gasteiger partial charge on any atom is 0.416 e. The van der Waals surface area contributed by atoms with Crippen LogP contribution in [-0.4, -0.2) is 20.7 Å². The molecule has 5 nitrogen and oxygen atoms in total. The number of thioether (sulfide) groups is 1. The minimum Gasteiger partial charge on any atom is -0.345 e. The van der Waals surface area contributed by atoms with Crippen LogP contribution in [-0.2, 0) is 18.5 Å². The molecular formula is C24H16BrCl2F3N4OS. The Balaban J connectivity index is 1.57. The number of aromatic nitrogens is 3. The van der Waals surface area contributed by atoms with Gasteiger partial charge >= 0.3 is 6.18 Å². The first-order valence-corrected chi connectivity index (χ1v) is 12.9. The fraction of sp³-hybridized carbons (Fsp3) is 0.125. The van der Waals surface area contributed by atoms with Gasteiger partial charge in [-0.05, 0) is 54.1 Å². The van der Waals surface area contributed by atoms with E-state index >= 15 is 0 Å². The van der Waals surface area contributed by atoms with Crippen LogP contribution >= 0.6 is 50.9 Å². The van der Waals surface area contributed by atoms with Crippen molar-refractivity contribution in [3.05, 3.63) is 104 Å². The Hall–Kier alpha value is -2.53. The van der Waals surface area contributed by atoms with Crippen LogP contribution in [0.1, 0.15) is 27.3 Å². The summed E-state index contributed by atoms with van der Waals surface area (Å²) in [4.78, 5) is 12.7. The largest absolute Gasteiger partial charge is 0.416 e. The third kappa shape index (κ3) is 6.42. The SMILES string of the molecule is O=C(NCc1nnc(SCc2cccc(C(F)(F)F)c2)n1-c1ccc(Br)cc1)c1ccc(Cl)cc1Cl. The van der Waals surface area contributed by atoms with Gasteiger partial charge in [-0.15, -0.1) is 10.2 Å². The zero-order chi connectivity index (χ0) is 25.9. The maximum atomic E-state index is 13.1. The van der Waals surface area contributed by atoms with Gasteiger partial charge < -0.3 is 5.32 Å². The van der Waals surface area contributed by atoms with E-state index in [1.165, 1.54) is 30.0 Å². The molecule has 0 aliphatic rings. The number of nitrogens with zero attached hydrogens (tertiary/aromatic N) is 3. The number of benzene rings is 3. The van der Waals surface area contributed by atoms with Crippen LogP contribution in [0.25, 0.3) is 5.69 Å². The predicted octanol–water partition coefficient (Wildman–Crippen LogP) is 7.58. The molecule has 186 valence electrons. The third-order valence-corrected chi connectivity index (χ3v) is 7.07. The minimum atomic E-state index is -4.42. The molecule has 1 amide bonds. The van der Waals surface area contributed by atoms with Crippen LogP contribution in [0.3, 0.4) is 0 Å². The van der Waals surface area contributed by atoms with Gasteiger partial charge in [0.05, 0.1) is 22.7 Å². The highest BCUT2D eigenvalue weighted by Gasteiger charge is 2.30. The molecule has 36 heavy (non-hydrogen) atoms. The van der Waals surface area contributed by atoms with Gasteiger partial charge in [0.1, 0.15) is 0 Å². The summed E-state index contributed by atoms with van der Waals surface area (Å²) < 4.78 is 41.9. The second-order valence-corrected chi connectivity index (χ2v) is 10.2. The van der Waals surface area contributed by atoms with Crippen LogP contribution < -0.4 is 5.32 Å². The molecule has 0 unspecified atom stereocenters. The highest BCUT2D eigenvalue weighted by atomic mass is 79.9. The molecule has 12 heteroatoms. The molecule has 0 fully saturated rings. The van der Waals surface area contributed by atoms with Gasteiger partial charge in [0.2, 0.25) is 0 Å². The van der Waals surface area contributed by atoms with Crippen molar-refractivity contribution in [2.75, 3.05) is 0 Å². The molecule has 0 saturated carbocycles. The fourth-order valence-electron chi connectivity index (χ4n) is 3.27. The zero-order valence-electron chi connectivity index (χ0n) is 18.2. The Kier molecular flexibility index (Phi) is 8.29. The quantitative estimate of drug-likeness (QED) is 0.218. The lowest BCUT2D eigenvalue weighted by molar-refractivity contribution is -0.137. The standard InChI is InChI=1S/C24H16BrCl2F3N4OS/c25-16-4-7-18(8-5-16)34-21(12-31-22(35)19-9-6-17(26)11-20(19)27)32-33-23(34)36-13-14-2-1-3-15(10-14)24(28,29)30/h1-11H,12-13H2,(H,31,35). The molecule has 0 saturated heterocycles. The van der Waals surface area contributed by atoms with Gasteiger partial charge in [-0.3, -0.25) is 9.36 Å². The summed E-state index contributed by atoms with van der Waals surface area (Å²) in [6.45, 7) is 0.0327. The highest BCUT2D eigenvalue weighted by molar-refractivity contribution is 9.10. The maximum absolute atomic E-state index is 13.1. The molecule has 0 spiro atoms. The van der Waals surface area contributed by atoms with Gasteiger partial charge in [0, 0.05) is 20.9 Å². The zero-order valence-corrected chi connectivity index (χ0v) is 22.1. The molecule has 0 aliphatic heterocycles. The van der Waals surface area contributed by atoms with E-state index < -0.39 is 17.6 Å². The molecule has 0 radical (unpaired) electrons. The monoisotopic (exact) mass is 614 g/mol. The predicted molar refractivity (Wildman–Crippen MR) is 138 cm³/mol. The van der Waals surface area contributed by atoms with E-state index in [9.17, 15) is 18.0 Å². The van der Waals surface area contributed by atoms with Crippen LogP contribution in [0.5, 0.6) is 0 Å². The number of alkyl halides is 3. The molecule has 0 aliphatic carbocycles. The van der Waals surface area contributed by atoms with Gasteiger partial charge in [-0.2, -0.15) is 13.2 Å². The summed E-state index contributed by atoms with van der Waals surface area (Å²) in [5.74, 6) is 0.258. The number of carbonyl (C=O) groups is 1. The third-order valence-electron chi connectivity index (χ3n) is 4.99. The molecule has 3 aromatic carbocycles. The number of amides is 1. The Bertz CT molecular complexity index is 1400. The normalized spacial score (nSPS) is 11.5. The Labute approximate surface area is 227 Å². The van der Waals surface area contributed by atoms with E-state index in [1.54, 1.807) is 16.7 Å². The van der Waals surface area contributed by atoms with Crippen molar-refractivity contribution >= 4 is 56.8 Å². The summed E-state index contributed by atoms with van der Waals surface area (Å²) in [6.07, 6.45) is -4.42. The molecule has 1 N–H and O–H groups in total. The number of carbonyl (C=O) groups excluding carboxylic acids is 1. The van der Waals surface area contributed by atoms with Crippen molar-refractivity contribution < 1.29 is 18.0 Å². The van der Waals surface area contributed by atoms with Gasteiger partial charge in [-0.25, -0.2) is 0 Å². The van der Waals surface area contributed by atoms with Crippen molar-refractivity contribution in [1.29, 1.82) is 0 Å². The summed E-state index contributed by atoms with van der Waals surface area (Å²) in [7, 11) is 0. The van der Waals surface area contributed by atoms with E-state index in [0.717, 1.165) is 22.3 Å². The first-order chi connectivity index (χ1) is 17.1. The second-order valence-electron chi connectivity index (χ2n) is 7.50. The summed E-state index contributed by atoms with van der Waals surface area (Å²) in [5, 5.41) is 12.3. The van der Waals surface area contributed by atoms with E-state index in [4.69, 9.17) is 23.2 Å².